The quantitative estimate of drug-likeness (QED) is 0.362. The lowest BCUT2D eigenvalue weighted by molar-refractivity contribution is -0.120. The molecule has 0 aliphatic heterocycles. The van der Waals surface area contributed by atoms with Crippen molar-refractivity contribution in [2.75, 3.05) is 20.1 Å². The van der Waals surface area contributed by atoms with Crippen LogP contribution in [0.15, 0.2) is 29.3 Å². The molecule has 0 aliphatic rings. The molecule has 6 heteroatoms. The fourth-order valence-corrected chi connectivity index (χ4v) is 1.86. The molecule has 22 heavy (non-hydrogen) atoms. The van der Waals surface area contributed by atoms with E-state index in [9.17, 15) is 4.79 Å². The second-order valence-electron chi connectivity index (χ2n) is 4.88. The van der Waals surface area contributed by atoms with E-state index in [1.54, 1.807) is 7.05 Å². The molecule has 0 bridgehead atoms. The first kappa shape index (κ1) is 20.7. The molecular formula is C16H27IN4O. The van der Waals surface area contributed by atoms with Crippen LogP contribution < -0.4 is 16.0 Å². The number of carbonyl (C=O) groups is 1. The molecule has 3 N–H and O–H groups in total. The molecule has 0 fully saturated rings. The van der Waals surface area contributed by atoms with E-state index in [1.165, 1.54) is 11.1 Å². The number of aliphatic imine (C=N–C) groups is 1. The summed E-state index contributed by atoms with van der Waals surface area (Å²) in [6.45, 7) is 6.15. The Hall–Kier alpha value is -1.31. The van der Waals surface area contributed by atoms with Crippen LogP contribution in [-0.2, 0) is 11.3 Å². The van der Waals surface area contributed by atoms with E-state index in [1.807, 2.05) is 19.1 Å². The number of rotatable bonds is 7. The topological polar surface area (TPSA) is 65.5 Å². The van der Waals surface area contributed by atoms with E-state index in [0.29, 0.717) is 25.5 Å². The largest absolute Gasteiger partial charge is 0.356 e. The van der Waals surface area contributed by atoms with Gasteiger partial charge in [-0.15, -0.1) is 24.0 Å². The van der Waals surface area contributed by atoms with Crippen LogP contribution >= 0.6 is 24.0 Å². The summed E-state index contributed by atoms with van der Waals surface area (Å²) in [5, 5.41) is 9.25. The van der Waals surface area contributed by atoms with Gasteiger partial charge in [0.25, 0.3) is 0 Å². The summed E-state index contributed by atoms with van der Waals surface area (Å²) in [4.78, 5) is 15.6. The number of amides is 1. The van der Waals surface area contributed by atoms with Crippen LogP contribution in [0, 0.1) is 6.92 Å². The van der Waals surface area contributed by atoms with Gasteiger partial charge in [-0.05, 0) is 24.5 Å². The van der Waals surface area contributed by atoms with Crippen molar-refractivity contribution in [2.45, 2.75) is 33.2 Å². The third-order valence-electron chi connectivity index (χ3n) is 3.15. The van der Waals surface area contributed by atoms with Crippen LogP contribution in [0.2, 0.25) is 0 Å². The maximum Gasteiger partial charge on any atom is 0.221 e. The summed E-state index contributed by atoms with van der Waals surface area (Å²) in [6.07, 6.45) is 1.41. The third-order valence-corrected chi connectivity index (χ3v) is 3.15. The fourth-order valence-electron chi connectivity index (χ4n) is 1.86. The molecule has 0 saturated carbocycles. The summed E-state index contributed by atoms with van der Waals surface area (Å²) in [7, 11) is 1.73. The number of nitrogens with one attached hydrogen (secondary N) is 3. The zero-order valence-corrected chi connectivity index (χ0v) is 15.9. The summed E-state index contributed by atoms with van der Waals surface area (Å²) < 4.78 is 0. The Morgan fingerprint density at radius 1 is 1.14 bits per heavy atom. The molecule has 0 spiro atoms. The molecule has 0 saturated heterocycles. The minimum absolute atomic E-state index is 0. The minimum atomic E-state index is 0. The number of nitrogens with zero attached hydrogens (tertiary/aromatic N) is 1. The molecule has 1 amide bonds. The molecule has 1 aromatic rings. The Kier molecular flexibility index (Phi) is 11.5. The molecule has 0 radical (unpaired) electrons. The van der Waals surface area contributed by atoms with E-state index >= 15 is 0 Å². The maximum absolute atomic E-state index is 11.5. The molecule has 0 unspecified atom stereocenters. The van der Waals surface area contributed by atoms with E-state index in [-0.39, 0.29) is 29.9 Å². The van der Waals surface area contributed by atoms with Gasteiger partial charge in [0.15, 0.2) is 5.96 Å². The predicted octanol–water partition coefficient (Wildman–Crippen LogP) is 2.19. The molecule has 5 nitrogen and oxygen atoms in total. The van der Waals surface area contributed by atoms with Crippen LogP contribution in [0.4, 0.5) is 0 Å². The summed E-state index contributed by atoms with van der Waals surface area (Å²) >= 11 is 0. The summed E-state index contributed by atoms with van der Waals surface area (Å²) in [5.41, 5.74) is 2.49. The van der Waals surface area contributed by atoms with Crippen molar-refractivity contribution >= 4 is 35.8 Å². The average Bonchev–Trinajstić information content (AvgIpc) is 2.50. The van der Waals surface area contributed by atoms with E-state index < -0.39 is 0 Å². The molecule has 1 aromatic carbocycles. The zero-order chi connectivity index (χ0) is 15.5. The number of benzene rings is 1. The van der Waals surface area contributed by atoms with Gasteiger partial charge in [-0.3, -0.25) is 9.79 Å². The number of aryl methyl sites for hydroxylation is 1. The highest BCUT2D eigenvalue weighted by Crippen LogP contribution is 2.05. The van der Waals surface area contributed by atoms with Crippen molar-refractivity contribution in [1.82, 2.24) is 16.0 Å². The second kappa shape index (κ2) is 12.3. The first-order valence-corrected chi connectivity index (χ1v) is 7.43. The average molecular weight is 418 g/mol. The zero-order valence-electron chi connectivity index (χ0n) is 13.6. The van der Waals surface area contributed by atoms with Crippen molar-refractivity contribution in [2.24, 2.45) is 4.99 Å². The van der Waals surface area contributed by atoms with Gasteiger partial charge in [0.05, 0.1) is 0 Å². The van der Waals surface area contributed by atoms with E-state index in [2.05, 4.69) is 40.0 Å². The van der Waals surface area contributed by atoms with Gasteiger partial charge >= 0.3 is 0 Å². The molecule has 124 valence electrons. The molecule has 0 aromatic heterocycles. The van der Waals surface area contributed by atoms with Gasteiger partial charge < -0.3 is 16.0 Å². The number of carbonyl (C=O) groups excluding carboxylic acids is 1. The van der Waals surface area contributed by atoms with Gasteiger partial charge in [-0.1, -0.05) is 31.2 Å². The monoisotopic (exact) mass is 418 g/mol. The van der Waals surface area contributed by atoms with Crippen LogP contribution in [0.5, 0.6) is 0 Å². The first-order valence-electron chi connectivity index (χ1n) is 7.43. The second-order valence-corrected chi connectivity index (χ2v) is 4.88. The van der Waals surface area contributed by atoms with Gasteiger partial charge in [0.1, 0.15) is 0 Å². The Balaban J connectivity index is 0.00000441. The van der Waals surface area contributed by atoms with E-state index in [0.717, 1.165) is 13.0 Å². The number of guanidine groups is 1. The van der Waals surface area contributed by atoms with Crippen molar-refractivity contribution in [3.63, 3.8) is 0 Å². The predicted molar refractivity (Wildman–Crippen MR) is 103 cm³/mol. The van der Waals surface area contributed by atoms with Crippen LogP contribution in [-0.4, -0.2) is 32.0 Å². The highest BCUT2D eigenvalue weighted by molar-refractivity contribution is 14.0. The third kappa shape index (κ3) is 8.21. The van der Waals surface area contributed by atoms with Crippen molar-refractivity contribution in [1.29, 1.82) is 0 Å². The molecular weight excluding hydrogens is 391 g/mol. The Bertz CT molecular complexity index is 477. The standard InChI is InChI=1S/C16H26N4O.HI/c1-4-10-18-15(21)9-11-19-16(17-3)20-12-14-8-6-5-7-13(14)2;/h5-8H,4,9-12H2,1-3H3,(H,18,21)(H2,17,19,20);1H. The Morgan fingerprint density at radius 2 is 1.86 bits per heavy atom. The maximum atomic E-state index is 11.5. The number of halogens is 1. The van der Waals surface area contributed by atoms with Gasteiger partial charge in [-0.2, -0.15) is 0 Å². The number of hydrogen-bond donors (Lipinski definition) is 3. The minimum Gasteiger partial charge on any atom is -0.356 e. The van der Waals surface area contributed by atoms with Gasteiger partial charge in [-0.25, -0.2) is 0 Å². The Morgan fingerprint density at radius 3 is 2.50 bits per heavy atom. The van der Waals surface area contributed by atoms with Crippen molar-refractivity contribution < 1.29 is 4.79 Å². The number of hydrogen-bond acceptors (Lipinski definition) is 2. The normalized spacial score (nSPS) is 10.6. The van der Waals surface area contributed by atoms with Crippen LogP contribution in [0.3, 0.4) is 0 Å². The first-order chi connectivity index (χ1) is 10.2. The molecule has 1 rings (SSSR count). The van der Waals surface area contributed by atoms with E-state index in [4.69, 9.17) is 0 Å². The SMILES string of the molecule is CCCNC(=O)CCNC(=NC)NCc1ccccc1C.I. The molecule has 0 aliphatic carbocycles. The summed E-state index contributed by atoms with van der Waals surface area (Å²) in [5.74, 6) is 0.778. The van der Waals surface area contributed by atoms with Gasteiger partial charge in [0, 0.05) is 33.1 Å². The van der Waals surface area contributed by atoms with Crippen LogP contribution in [0.1, 0.15) is 30.9 Å². The van der Waals surface area contributed by atoms with Gasteiger partial charge in [0.2, 0.25) is 5.91 Å². The van der Waals surface area contributed by atoms with Crippen molar-refractivity contribution in [3.05, 3.63) is 35.4 Å². The smallest absolute Gasteiger partial charge is 0.221 e. The van der Waals surface area contributed by atoms with Crippen LogP contribution in [0.25, 0.3) is 0 Å². The lowest BCUT2D eigenvalue weighted by Crippen LogP contribution is -2.39. The Labute approximate surface area is 150 Å². The van der Waals surface area contributed by atoms with Crippen molar-refractivity contribution in [3.8, 4) is 0 Å². The lowest BCUT2D eigenvalue weighted by atomic mass is 10.1. The molecule has 0 atom stereocenters. The lowest BCUT2D eigenvalue weighted by Gasteiger charge is -2.13. The molecule has 0 heterocycles. The summed E-state index contributed by atoms with van der Waals surface area (Å²) in [6, 6.07) is 8.23. The fraction of sp³-hybridized carbons (Fsp3) is 0.500. The highest BCUT2D eigenvalue weighted by Gasteiger charge is 2.02. The highest BCUT2D eigenvalue weighted by atomic mass is 127.